The summed E-state index contributed by atoms with van der Waals surface area (Å²) >= 11 is 0. The Morgan fingerprint density at radius 3 is 2.48 bits per heavy atom. The molecule has 4 rings (SSSR count). The van der Waals surface area contributed by atoms with E-state index in [2.05, 4.69) is 15.8 Å². The fraction of sp³-hybridized carbons (Fsp3) is 0.160. The van der Waals surface area contributed by atoms with Crippen LogP contribution in [0.4, 0.5) is 10.1 Å². The summed E-state index contributed by atoms with van der Waals surface area (Å²) in [5, 5.41) is 6.91. The maximum Gasteiger partial charge on any atom is 0.258 e. The Morgan fingerprint density at radius 1 is 0.968 bits per heavy atom. The lowest BCUT2D eigenvalue weighted by Gasteiger charge is -2.08. The van der Waals surface area contributed by atoms with Gasteiger partial charge in [0, 0.05) is 11.6 Å². The third-order valence-electron chi connectivity index (χ3n) is 5.35. The van der Waals surface area contributed by atoms with Crippen molar-refractivity contribution in [1.29, 1.82) is 0 Å². The van der Waals surface area contributed by atoms with E-state index in [1.54, 1.807) is 31.2 Å². The molecule has 3 aromatic rings. The molecule has 2 N–H and O–H groups in total. The largest absolute Gasteiger partial charge is 0.322 e. The predicted octanol–water partition coefficient (Wildman–Crippen LogP) is 4.72. The SMILES string of the molecule is CC(=NNC(=O)[C@@H]1C[C@H]1c1ccccc1)c1cccc(NC(=O)c2ccccc2F)c1. The highest BCUT2D eigenvalue weighted by Gasteiger charge is 2.43. The third-order valence-corrected chi connectivity index (χ3v) is 5.35. The molecule has 0 unspecified atom stereocenters. The zero-order valence-electron chi connectivity index (χ0n) is 17.0. The summed E-state index contributed by atoms with van der Waals surface area (Å²) in [5.41, 5.74) is 5.65. The van der Waals surface area contributed by atoms with Crippen LogP contribution in [-0.4, -0.2) is 17.5 Å². The first-order chi connectivity index (χ1) is 15.0. The van der Waals surface area contributed by atoms with E-state index in [4.69, 9.17) is 0 Å². The topological polar surface area (TPSA) is 70.6 Å². The highest BCUT2D eigenvalue weighted by molar-refractivity contribution is 6.06. The summed E-state index contributed by atoms with van der Waals surface area (Å²) in [6, 6.07) is 22.8. The predicted molar refractivity (Wildman–Crippen MR) is 118 cm³/mol. The molecular weight excluding hydrogens is 393 g/mol. The van der Waals surface area contributed by atoms with E-state index in [1.807, 2.05) is 36.4 Å². The molecule has 0 saturated heterocycles. The molecule has 31 heavy (non-hydrogen) atoms. The monoisotopic (exact) mass is 415 g/mol. The van der Waals surface area contributed by atoms with Crippen molar-refractivity contribution in [3.8, 4) is 0 Å². The molecule has 3 aromatic carbocycles. The number of benzene rings is 3. The van der Waals surface area contributed by atoms with Gasteiger partial charge in [-0.25, -0.2) is 9.82 Å². The lowest BCUT2D eigenvalue weighted by atomic mass is 10.1. The van der Waals surface area contributed by atoms with Crippen LogP contribution in [0.2, 0.25) is 0 Å². The van der Waals surface area contributed by atoms with Crippen LogP contribution in [0.5, 0.6) is 0 Å². The van der Waals surface area contributed by atoms with Gasteiger partial charge in [-0.2, -0.15) is 5.10 Å². The Kier molecular flexibility index (Phi) is 5.89. The van der Waals surface area contributed by atoms with Gasteiger partial charge >= 0.3 is 0 Å². The second-order valence-corrected chi connectivity index (χ2v) is 7.55. The van der Waals surface area contributed by atoms with Crippen LogP contribution in [0, 0.1) is 11.7 Å². The average Bonchev–Trinajstić information content (AvgIpc) is 3.59. The van der Waals surface area contributed by atoms with E-state index in [-0.39, 0.29) is 23.3 Å². The number of anilines is 1. The molecule has 156 valence electrons. The number of nitrogens with one attached hydrogen (secondary N) is 2. The zero-order valence-corrected chi connectivity index (χ0v) is 17.0. The number of carbonyl (C=O) groups excluding carboxylic acids is 2. The Bertz CT molecular complexity index is 1140. The van der Waals surface area contributed by atoms with Gasteiger partial charge < -0.3 is 5.32 Å². The van der Waals surface area contributed by atoms with Crippen LogP contribution >= 0.6 is 0 Å². The molecule has 0 heterocycles. The van der Waals surface area contributed by atoms with Crippen molar-refractivity contribution in [2.45, 2.75) is 19.3 Å². The lowest BCUT2D eigenvalue weighted by molar-refractivity contribution is -0.122. The summed E-state index contributed by atoms with van der Waals surface area (Å²) in [6.45, 7) is 1.78. The number of carbonyl (C=O) groups is 2. The summed E-state index contributed by atoms with van der Waals surface area (Å²) in [7, 11) is 0. The first kappa shape index (κ1) is 20.5. The summed E-state index contributed by atoms with van der Waals surface area (Å²) in [5.74, 6) is -1.03. The van der Waals surface area contributed by atoms with E-state index >= 15 is 0 Å². The Labute approximate surface area is 180 Å². The minimum atomic E-state index is -0.578. The Balaban J connectivity index is 1.38. The molecule has 1 saturated carbocycles. The molecule has 0 bridgehead atoms. The van der Waals surface area contributed by atoms with Crippen LogP contribution in [0.1, 0.15) is 40.7 Å². The molecule has 0 spiro atoms. The lowest BCUT2D eigenvalue weighted by Crippen LogP contribution is -2.21. The number of hydrogen-bond donors (Lipinski definition) is 2. The molecule has 1 aliphatic carbocycles. The minimum absolute atomic E-state index is 0.0250. The van der Waals surface area contributed by atoms with E-state index in [0.717, 1.165) is 12.0 Å². The van der Waals surface area contributed by atoms with E-state index in [9.17, 15) is 14.0 Å². The van der Waals surface area contributed by atoms with Crippen molar-refractivity contribution < 1.29 is 14.0 Å². The number of halogens is 1. The fourth-order valence-electron chi connectivity index (χ4n) is 3.51. The highest BCUT2D eigenvalue weighted by Crippen LogP contribution is 2.47. The van der Waals surface area contributed by atoms with Gasteiger partial charge in [0.1, 0.15) is 5.82 Å². The number of hydrogen-bond acceptors (Lipinski definition) is 3. The number of amides is 2. The van der Waals surface area contributed by atoms with Gasteiger partial charge in [0.2, 0.25) is 5.91 Å². The molecule has 1 aliphatic rings. The van der Waals surface area contributed by atoms with Crippen LogP contribution in [0.3, 0.4) is 0 Å². The smallest absolute Gasteiger partial charge is 0.258 e. The second kappa shape index (κ2) is 8.92. The van der Waals surface area contributed by atoms with Gasteiger partial charge in [-0.3, -0.25) is 9.59 Å². The fourth-order valence-corrected chi connectivity index (χ4v) is 3.51. The molecule has 1 fully saturated rings. The molecule has 0 aliphatic heterocycles. The average molecular weight is 415 g/mol. The third kappa shape index (κ3) is 4.86. The van der Waals surface area contributed by atoms with Crippen molar-refractivity contribution in [2.75, 3.05) is 5.32 Å². The van der Waals surface area contributed by atoms with E-state index in [1.165, 1.54) is 23.8 Å². The van der Waals surface area contributed by atoms with E-state index in [0.29, 0.717) is 11.4 Å². The molecule has 6 heteroatoms. The van der Waals surface area contributed by atoms with E-state index < -0.39 is 11.7 Å². The first-order valence-electron chi connectivity index (χ1n) is 10.1. The number of nitrogens with zero attached hydrogens (tertiary/aromatic N) is 1. The van der Waals surface area contributed by atoms with Crippen molar-refractivity contribution in [1.82, 2.24) is 5.43 Å². The molecule has 2 atom stereocenters. The van der Waals surface area contributed by atoms with Crippen LogP contribution < -0.4 is 10.7 Å². The van der Waals surface area contributed by atoms with Gasteiger partial charge in [0.05, 0.1) is 11.3 Å². The summed E-state index contributed by atoms with van der Waals surface area (Å²) in [4.78, 5) is 24.7. The van der Waals surface area contributed by atoms with Gasteiger partial charge in [-0.1, -0.05) is 54.6 Å². The quantitative estimate of drug-likeness (QED) is 0.452. The van der Waals surface area contributed by atoms with Gasteiger partial charge in [-0.15, -0.1) is 0 Å². The standard InChI is InChI=1S/C25H22FN3O2/c1-16(28-29-25(31)22-15-21(22)17-8-3-2-4-9-17)18-10-7-11-19(14-18)27-24(30)20-12-5-6-13-23(20)26/h2-14,21-22H,15H2,1H3,(H,27,30)(H,29,31)/t21-,22+/m0/s1. The number of rotatable bonds is 6. The number of hydrazone groups is 1. The minimum Gasteiger partial charge on any atom is -0.322 e. The van der Waals surface area contributed by atoms with Gasteiger partial charge in [0.15, 0.2) is 0 Å². The summed E-state index contributed by atoms with van der Waals surface area (Å²) in [6.07, 6.45) is 0.821. The molecular formula is C25H22FN3O2. The molecule has 2 amide bonds. The van der Waals surface area contributed by atoms with Crippen molar-refractivity contribution in [2.24, 2.45) is 11.0 Å². The normalized spacial score (nSPS) is 17.7. The van der Waals surface area contributed by atoms with Crippen LogP contribution in [0.15, 0.2) is 84.0 Å². The first-order valence-corrected chi connectivity index (χ1v) is 10.1. The maximum atomic E-state index is 13.8. The Hall–Kier alpha value is -3.80. The van der Waals surface area contributed by atoms with Crippen LogP contribution in [0.25, 0.3) is 0 Å². The zero-order chi connectivity index (χ0) is 21.8. The summed E-state index contributed by atoms with van der Waals surface area (Å²) < 4.78 is 13.8. The van der Waals surface area contributed by atoms with Crippen molar-refractivity contribution in [3.05, 3.63) is 101 Å². The van der Waals surface area contributed by atoms with Crippen LogP contribution in [-0.2, 0) is 4.79 Å². The van der Waals surface area contributed by atoms with Gasteiger partial charge in [-0.05, 0) is 54.7 Å². The van der Waals surface area contributed by atoms with Gasteiger partial charge in [0.25, 0.3) is 5.91 Å². The Morgan fingerprint density at radius 2 is 1.71 bits per heavy atom. The van der Waals surface area contributed by atoms with Crippen molar-refractivity contribution in [3.63, 3.8) is 0 Å². The molecule has 0 aromatic heterocycles. The highest BCUT2D eigenvalue weighted by atomic mass is 19.1. The second-order valence-electron chi connectivity index (χ2n) is 7.55. The molecule has 5 nitrogen and oxygen atoms in total. The maximum absolute atomic E-state index is 13.8. The molecule has 0 radical (unpaired) electrons. The van der Waals surface area contributed by atoms with Crippen molar-refractivity contribution >= 4 is 23.2 Å².